The Morgan fingerprint density at radius 2 is 2.17 bits per heavy atom. The van der Waals surface area contributed by atoms with E-state index in [1.165, 1.54) is 7.11 Å². The van der Waals surface area contributed by atoms with Gasteiger partial charge >= 0.3 is 5.97 Å². The molecule has 2 nitrogen and oxygen atoms in total. The maximum absolute atomic E-state index is 10.7. The largest absolute Gasteiger partial charge is 0.469 e. The molecule has 72 valence electrons. The number of thioether (sulfide) groups is 1. The van der Waals surface area contributed by atoms with Crippen molar-refractivity contribution in [2.24, 2.45) is 0 Å². The fourth-order valence-electron chi connectivity index (χ4n) is 0.569. The molecule has 0 heterocycles. The van der Waals surface area contributed by atoms with E-state index >= 15 is 0 Å². The van der Waals surface area contributed by atoms with Crippen molar-refractivity contribution in [3.63, 3.8) is 0 Å². The maximum Gasteiger partial charge on any atom is 0.306 e. The third-order valence-corrected chi connectivity index (χ3v) is 3.62. The molecule has 0 aliphatic rings. The van der Waals surface area contributed by atoms with Crippen molar-refractivity contribution in [2.75, 3.05) is 12.9 Å². The lowest BCUT2D eigenvalue weighted by atomic mass is 10.4. The number of ether oxygens (including phenoxy) is 1. The summed E-state index contributed by atoms with van der Waals surface area (Å²) in [4.78, 5) is 10.7. The van der Waals surface area contributed by atoms with Gasteiger partial charge in [0.25, 0.3) is 0 Å². The first-order valence-corrected chi connectivity index (χ1v) is 5.51. The number of methoxy groups -OCH3 is 1. The van der Waals surface area contributed by atoms with Crippen LogP contribution in [0.2, 0.25) is 0 Å². The van der Waals surface area contributed by atoms with Gasteiger partial charge in [-0.2, -0.15) is 24.4 Å². The maximum atomic E-state index is 10.7. The van der Waals surface area contributed by atoms with Gasteiger partial charge in [0.05, 0.1) is 13.5 Å². The van der Waals surface area contributed by atoms with E-state index in [2.05, 4.69) is 31.2 Å². The van der Waals surface area contributed by atoms with Gasteiger partial charge in [0, 0.05) is 16.3 Å². The number of rotatable bonds is 5. The summed E-state index contributed by atoms with van der Waals surface area (Å²) in [5.74, 6) is 0.681. The van der Waals surface area contributed by atoms with E-state index in [1.54, 1.807) is 11.8 Å². The average molecular weight is 208 g/mol. The molecule has 12 heavy (non-hydrogen) atoms. The second kappa shape index (κ2) is 6.66. The number of esters is 1. The van der Waals surface area contributed by atoms with Crippen LogP contribution in [0.1, 0.15) is 20.3 Å². The third-order valence-electron chi connectivity index (χ3n) is 1.59. The molecule has 0 bridgehead atoms. The van der Waals surface area contributed by atoms with E-state index in [-0.39, 0.29) is 5.97 Å². The number of thiol groups is 1. The first-order valence-electron chi connectivity index (χ1n) is 3.94. The zero-order valence-electron chi connectivity index (χ0n) is 7.74. The van der Waals surface area contributed by atoms with Crippen LogP contribution in [0.5, 0.6) is 0 Å². The number of hydrogen-bond donors (Lipinski definition) is 1. The Kier molecular flexibility index (Phi) is 6.76. The molecule has 2 unspecified atom stereocenters. The summed E-state index contributed by atoms with van der Waals surface area (Å²) in [7, 11) is 1.41. The van der Waals surface area contributed by atoms with Crippen LogP contribution in [-0.4, -0.2) is 29.3 Å². The zero-order chi connectivity index (χ0) is 9.56. The molecule has 0 aromatic heterocycles. The molecule has 0 saturated heterocycles. The van der Waals surface area contributed by atoms with E-state index in [4.69, 9.17) is 0 Å². The first-order chi connectivity index (χ1) is 5.57. The lowest BCUT2D eigenvalue weighted by Crippen LogP contribution is -2.11. The minimum absolute atomic E-state index is 0.137. The van der Waals surface area contributed by atoms with E-state index in [1.807, 2.05) is 0 Å². The summed E-state index contributed by atoms with van der Waals surface area (Å²) in [6, 6.07) is 0. The Bertz CT molecular complexity index is 137. The van der Waals surface area contributed by atoms with Crippen LogP contribution in [0.25, 0.3) is 0 Å². The van der Waals surface area contributed by atoms with Gasteiger partial charge in [-0.25, -0.2) is 0 Å². The Balaban J connectivity index is 3.37. The molecule has 4 heteroatoms. The fourth-order valence-corrected chi connectivity index (χ4v) is 1.76. The summed E-state index contributed by atoms with van der Waals surface area (Å²) in [6.45, 7) is 4.17. The zero-order valence-corrected chi connectivity index (χ0v) is 9.45. The van der Waals surface area contributed by atoms with Crippen molar-refractivity contribution in [3.05, 3.63) is 0 Å². The van der Waals surface area contributed by atoms with Crippen LogP contribution in [0.3, 0.4) is 0 Å². The summed E-state index contributed by atoms with van der Waals surface area (Å²) < 4.78 is 4.52. The van der Waals surface area contributed by atoms with E-state index < -0.39 is 0 Å². The molecule has 0 saturated carbocycles. The summed E-state index contributed by atoms with van der Waals surface area (Å²) in [5, 5.41) is 0.852. The van der Waals surface area contributed by atoms with Gasteiger partial charge in [-0.3, -0.25) is 4.79 Å². The van der Waals surface area contributed by atoms with Gasteiger partial charge in [0.2, 0.25) is 0 Å². The topological polar surface area (TPSA) is 26.3 Å². The minimum Gasteiger partial charge on any atom is -0.469 e. The van der Waals surface area contributed by atoms with Gasteiger partial charge in [0.1, 0.15) is 0 Å². The molecule has 2 atom stereocenters. The molecule has 0 aromatic rings. The highest BCUT2D eigenvalue weighted by atomic mass is 32.2. The van der Waals surface area contributed by atoms with Gasteiger partial charge in [-0.05, 0) is 0 Å². The van der Waals surface area contributed by atoms with Crippen LogP contribution >= 0.6 is 24.4 Å². The molecule has 0 rings (SSSR count). The van der Waals surface area contributed by atoms with Crippen LogP contribution in [0, 0.1) is 0 Å². The van der Waals surface area contributed by atoms with Gasteiger partial charge < -0.3 is 4.74 Å². The fraction of sp³-hybridized carbons (Fsp3) is 0.875. The van der Waals surface area contributed by atoms with Crippen LogP contribution < -0.4 is 0 Å². The van der Waals surface area contributed by atoms with Crippen molar-refractivity contribution in [1.82, 2.24) is 0 Å². The SMILES string of the molecule is COC(=O)CCSC(C)C(C)S. The highest BCUT2D eigenvalue weighted by Crippen LogP contribution is 2.18. The average Bonchev–Trinajstić information content (AvgIpc) is 2.03. The molecule has 0 spiro atoms. The van der Waals surface area contributed by atoms with Crippen molar-refractivity contribution in [2.45, 2.75) is 30.8 Å². The first kappa shape index (κ1) is 12.2. The molecule has 0 N–H and O–H groups in total. The molecule has 0 radical (unpaired) electrons. The number of carbonyl (C=O) groups excluding carboxylic acids is 1. The predicted molar refractivity (Wildman–Crippen MR) is 57.0 cm³/mol. The Labute approximate surface area is 83.8 Å². The van der Waals surface area contributed by atoms with Crippen LogP contribution in [-0.2, 0) is 9.53 Å². The molecular weight excluding hydrogens is 192 g/mol. The van der Waals surface area contributed by atoms with Gasteiger partial charge in [0.15, 0.2) is 0 Å². The van der Waals surface area contributed by atoms with E-state index in [0.717, 1.165) is 5.75 Å². The number of carbonyl (C=O) groups is 1. The number of hydrogen-bond acceptors (Lipinski definition) is 4. The monoisotopic (exact) mass is 208 g/mol. The van der Waals surface area contributed by atoms with Crippen LogP contribution in [0.15, 0.2) is 0 Å². The summed E-state index contributed by atoms with van der Waals surface area (Å²) >= 11 is 6.05. The summed E-state index contributed by atoms with van der Waals surface area (Å²) in [5.41, 5.74) is 0. The molecule has 0 aromatic carbocycles. The Morgan fingerprint density at radius 1 is 1.58 bits per heavy atom. The molecule has 0 aliphatic carbocycles. The van der Waals surface area contributed by atoms with Crippen molar-refractivity contribution >= 4 is 30.4 Å². The van der Waals surface area contributed by atoms with Crippen molar-refractivity contribution < 1.29 is 9.53 Å². The highest BCUT2D eigenvalue weighted by Gasteiger charge is 2.08. The normalized spacial score (nSPS) is 15.3. The second-order valence-electron chi connectivity index (χ2n) is 2.64. The van der Waals surface area contributed by atoms with E-state index in [9.17, 15) is 4.79 Å². The smallest absolute Gasteiger partial charge is 0.306 e. The lowest BCUT2D eigenvalue weighted by Gasteiger charge is -2.13. The lowest BCUT2D eigenvalue weighted by molar-refractivity contribution is -0.140. The Hall–Kier alpha value is 0.170. The van der Waals surface area contributed by atoms with E-state index in [0.29, 0.717) is 16.9 Å². The van der Waals surface area contributed by atoms with Gasteiger partial charge in [-0.1, -0.05) is 13.8 Å². The molecule has 0 fully saturated rings. The molecule has 0 amide bonds. The van der Waals surface area contributed by atoms with Crippen molar-refractivity contribution in [1.29, 1.82) is 0 Å². The Morgan fingerprint density at radius 3 is 2.58 bits per heavy atom. The predicted octanol–water partition coefficient (Wildman–Crippen LogP) is 1.99. The second-order valence-corrected chi connectivity index (χ2v) is 4.94. The highest BCUT2D eigenvalue weighted by molar-refractivity contribution is 8.00. The minimum atomic E-state index is -0.137. The third kappa shape index (κ3) is 5.77. The standard InChI is InChI=1S/C8H16O2S2/c1-6(11)7(2)12-5-4-8(9)10-3/h6-7,11H,4-5H2,1-3H3. The summed E-state index contributed by atoms with van der Waals surface area (Å²) in [6.07, 6.45) is 0.492. The molecule has 0 aliphatic heterocycles. The van der Waals surface area contributed by atoms with Gasteiger partial charge in [-0.15, -0.1) is 0 Å². The van der Waals surface area contributed by atoms with Crippen LogP contribution in [0.4, 0.5) is 0 Å². The van der Waals surface area contributed by atoms with Crippen molar-refractivity contribution in [3.8, 4) is 0 Å². The molecular formula is C8H16O2S2. The quantitative estimate of drug-likeness (QED) is 0.553.